The average molecular weight is 330 g/mol. The number of ether oxygens (including phenoxy) is 1. The maximum Gasteiger partial charge on any atom is 0.411 e. The monoisotopic (exact) mass is 329 g/mol. The van der Waals surface area contributed by atoms with Crippen LogP contribution in [0.1, 0.15) is 16.8 Å². The van der Waals surface area contributed by atoms with Gasteiger partial charge in [0.25, 0.3) is 0 Å². The molecule has 1 aromatic heterocycles. The molecule has 1 heterocycles. The highest BCUT2D eigenvalue weighted by Gasteiger charge is 2.27. The van der Waals surface area contributed by atoms with E-state index in [1.807, 2.05) is 0 Å². The Morgan fingerprint density at radius 1 is 1.50 bits per heavy atom. The zero-order valence-electron chi connectivity index (χ0n) is 9.21. The molecule has 0 saturated carbocycles. The predicted octanol–water partition coefficient (Wildman–Crippen LogP) is 2.92. The van der Waals surface area contributed by atoms with Crippen LogP contribution in [-0.2, 0) is 11.3 Å². The van der Waals surface area contributed by atoms with E-state index in [-0.39, 0.29) is 12.2 Å². The van der Waals surface area contributed by atoms with Crippen molar-refractivity contribution in [2.24, 2.45) is 0 Å². The minimum Gasteiger partial charge on any atom is -0.478 e. The van der Waals surface area contributed by atoms with E-state index in [9.17, 15) is 18.0 Å². The molecule has 0 saturated heterocycles. The molecule has 4 nitrogen and oxygen atoms in total. The van der Waals surface area contributed by atoms with E-state index < -0.39 is 18.8 Å². The molecule has 102 valence electrons. The molecule has 0 atom stereocenters. The van der Waals surface area contributed by atoms with Crippen molar-refractivity contribution in [2.45, 2.75) is 19.1 Å². The minimum absolute atomic E-state index is 0.0352. The lowest BCUT2D eigenvalue weighted by atomic mass is 10.3. The van der Waals surface area contributed by atoms with Crippen molar-refractivity contribution in [1.29, 1.82) is 0 Å². The van der Waals surface area contributed by atoms with Crippen molar-refractivity contribution >= 4 is 21.9 Å². The summed E-state index contributed by atoms with van der Waals surface area (Å²) >= 11 is 3.17. The van der Waals surface area contributed by atoms with Gasteiger partial charge in [-0.2, -0.15) is 13.2 Å². The van der Waals surface area contributed by atoms with Crippen LogP contribution in [0, 0.1) is 0 Å². The first-order valence-electron chi connectivity index (χ1n) is 5.03. The Kier molecular flexibility index (Phi) is 5.21. The highest BCUT2D eigenvalue weighted by molar-refractivity contribution is 9.10. The predicted molar refractivity (Wildman–Crippen MR) is 60.6 cm³/mol. The molecule has 0 spiro atoms. The zero-order valence-corrected chi connectivity index (χ0v) is 10.8. The molecular formula is C10H11BrF3NO3. The summed E-state index contributed by atoms with van der Waals surface area (Å²) in [5.74, 6) is -1.05. The summed E-state index contributed by atoms with van der Waals surface area (Å²) in [5.41, 5.74) is 0.123. The molecule has 0 aliphatic carbocycles. The molecule has 0 unspecified atom stereocenters. The molecule has 18 heavy (non-hydrogen) atoms. The number of carboxylic acids is 1. The Balaban J connectivity index is 2.33. The maximum absolute atomic E-state index is 11.8. The molecule has 0 aliphatic heterocycles. The van der Waals surface area contributed by atoms with Crippen LogP contribution in [-0.4, -0.2) is 35.0 Å². The van der Waals surface area contributed by atoms with Gasteiger partial charge in [-0.05, 0) is 28.4 Å². The van der Waals surface area contributed by atoms with Gasteiger partial charge in [-0.3, -0.25) is 0 Å². The van der Waals surface area contributed by atoms with Gasteiger partial charge in [0.15, 0.2) is 0 Å². The second-order valence-corrected chi connectivity index (χ2v) is 4.38. The SMILES string of the molecule is O=C(O)c1cc(Br)n(CCCOCC(F)(F)F)c1. The fraction of sp³-hybridized carbons (Fsp3) is 0.500. The fourth-order valence-corrected chi connectivity index (χ4v) is 1.82. The highest BCUT2D eigenvalue weighted by Crippen LogP contribution is 2.17. The van der Waals surface area contributed by atoms with E-state index in [2.05, 4.69) is 20.7 Å². The molecule has 0 aliphatic rings. The van der Waals surface area contributed by atoms with Gasteiger partial charge in [0.1, 0.15) is 6.61 Å². The number of carboxylic acid groups (broad SMARTS) is 1. The van der Waals surface area contributed by atoms with E-state index >= 15 is 0 Å². The zero-order chi connectivity index (χ0) is 13.8. The summed E-state index contributed by atoms with van der Waals surface area (Å²) in [6, 6.07) is 1.43. The smallest absolute Gasteiger partial charge is 0.411 e. The van der Waals surface area contributed by atoms with Crippen LogP contribution in [0.2, 0.25) is 0 Å². The van der Waals surface area contributed by atoms with Crippen molar-refractivity contribution in [3.8, 4) is 0 Å². The van der Waals surface area contributed by atoms with Gasteiger partial charge < -0.3 is 14.4 Å². The third kappa shape index (κ3) is 5.09. The Labute approximate surface area is 109 Å². The van der Waals surface area contributed by atoms with Crippen LogP contribution in [0.3, 0.4) is 0 Å². The molecule has 0 fully saturated rings. The average Bonchev–Trinajstić information content (AvgIpc) is 2.58. The molecule has 0 bridgehead atoms. The summed E-state index contributed by atoms with van der Waals surface area (Å²) in [6.07, 6.45) is -2.54. The van der Waals surface area contributed by atoms with Crippen molar-refractivity contribution in [1.82, 2.24) is 4.57 Å². The summed E-state index contributed by atoms with van der Waals surface area (Å²) < 4.78 is 41.9. The van der Waals surface area contributed by atoms with Crippen LogP contribution >= 0.6 is 15.9 Å². The molecule has 1 rings (SSSR count). The number of aromatic carboxylic acids is 1. The van der Waals surface area contributed by atoms with Crippen molar-refractivity contribution in [3.05, 3.63) is 22.4 Å². The van der Waals surface area contributed by atoms with Crippen LogP contribution in [0.5, 0.6) is 0 Å². The quantitative estimate of drug-likeness (QED) is 0.816. The van der Waals surface area contributed by atoms with Gasteiger partial charge in [-0.15, -0.1) is 0 Å². The lowest BCUT2D eigenvalue weighted by Crippen LogP contribution is -2.17. The van der Waals surface area contributed by atoms with Crippen molar-refractivity contribution < 1.29 is 27.8 Å². The lowest BCUT2D eigenvalue weighted by Gasteiger charge is -2.08. The number of aryl methyl sites for hydroxylation is 1. The standard InChI is InChI=1S/C10H11BrF3NO3/c11-8-4-7(9(16)17)5-15(8)2-1-3-18-6-10(12,13)14/h4-5H,1-3,6H2,(H,16,17). The van der Waals surface area contributed by atoms with Crippen molar-refractivity contribution in [2.75, 3.05) is 13.2 Å². The molecular weight excluding hydrogens is 319 g/mol. The third-order valence-electron chi connectivity index (χ3n) is 2.04. The van der Waals surface area contributed by atoms with Gasteiger partial charge in [-0.25, -0.2) is 4.79 Å². The number of hydrogen-bond donors (Lipinski definition) is 1. The third-order valence-corrected chi connectivity index (χ3v) is 2.73. The minimum atomic E-state index is -4.31. The van der Waals surface area contributed by atoms with E-state index in [0.29, 0.717) is 17.6 Å². The topological polar surface area (TPSA) is 51.5 Å². The summed E-state index contributed by atoms with van der Waals surface area (Å²) in [7, 11) is 0. The van der Waals surface area contributed by atoms with Crippen molar-refractivity contribution in [3.63, 3.8) is 0 Å². The van der Waals surface area contributed by atoms with Crippen LogP contribution in [0.25, 0.3) is 0 Å². The molecule has 0 amide bonds. The maximum atomic E-state index is 11.8. The number of carbonyl (C=O) groups is 1. The first-order valence-corrected chi connectivity index (χ1v) is 5.82. The Morgan fingerprint density at radius 3 is 2.67 bits per heavy atom. The number of rotatable bonds is 6. The number of halogens is 4. The van der Waals surface area contributed by atoms with Gasteiger partial charge in [0, 0.05) is 19.3 Å². The van der Waals surface area contributed by atoms with Crippen LogP contribution in [0.15, 0.2) is 16.9 Å². The van der Waals surface area contributed by atoms with Gasteiger partial charge >= 0.3 is 12.1 Å². The first-order chi connectivity index (χ1) is 8.29. The molecule has 1 N–H and O–H groups in total. The number of nitrogens with zero attached hydrogens (tertiary/aromatic N) is 1. The lowest BCUT2D eigenvalue weighted by molar-refractivity contribution is -0.174. The second-order valence-electron chi connectivity index (χ2n) is 3.57. The molecule has 1 aromatic rings. The molecule has 8 heteroatoms. The Hall–Kier alpha value is -1.02. The largest absolute Gasteiger partial charge is 0.478 e. The fourth-order valence-electron chi connectivity index (χ4n) is 1.29. The normalized spacial score (nSPS) is 11.8. The summed E-state index contributed by atoms with van der Waals surface area (Å²) in [5, 5.41) is 8.74. The van der Waals surface area contributed by atoms with Gasteiger partial charge in [0.2, 0.25) is 0 Å². The number of alkyl halides is 3. The van der Waals surface area contributed by atoms with E-state index in [1.54, 1.807) is 4.57 Å². The molecule has 0 radical (unpaired) electrons. The summed E-state index contributed by atoms with van der Waals surface area (Å²) in [4.78, 5) is 10.7. The van der Waals surface area contributed by atoms with Crippen LogP contribution in [0.4, 0.5) is 13.2 Å². The Bertz CT molecular complexity index is 417. The number of hydrogen-bond acceptors (Lipinski definition) is 2. The Morgan fingerprint density at radius 2 is 2.17 bits per heavy atom. The summed E-state index contributed by atoms with van der Waals surface area (Å²) in [6.45, 7) is -0.918. The van der Waals surface area contributed by atoms with Gasteiger partial charge in [0.05, 0.1) is 10.2 Å². The van der Waals surface area contributed by atoms with Crippen LogP contribution < -0.4 is 0 Å². The second kappa shape index (κ2) is 6.24. The first kappa shape index (κ1) is 15.0. The number of aromatic nitrogens is 1. The van der Waals surface area contributed by atoms with E-state index in [1.165, 1.54) is 12.3 Å². The van der Waals surface area contributed by atoms with E-state index in [0.717, 1.165) is 0 Å². The van der Waals surface area contributed by atoms with E-state index in [4.69, 9.17) is 5.11 Å². The highest BCUT2D eigenvalue weighted by atomic mass is 79.9. The molecule has 0 aromatic carbocycles. The van der Waals surface area contributed by atoms with Gasteiger partial charge in [-0.1, -0.05) is 0 Å².